The van der Waals surface area contributed by atoms with Crippen molar-refractivity contribution >= 4 is 36.0 Å². The van der Waals surface area contributed by atoms with Crippen molar-refractivity contribution in [2.24, 2.45) is 5.73 Å². The zero-order chi connectivity index (χ0) is 20.4. The van der Waals surface area contributed by atoms with Crippen LogP contribution in [0.15, 0.2) is 48.5 Å². The van der Waals surface area contributed by atoms with E-state index in [0.717, 1.165) is 30.4 Å². The molecule has 0 aliphatic rings. The third-order valence-electron chi connectivity index (χ3n) is 4.22. The van der Waals surface area contributed by atoms with Crippen molar-refractivity contribution in [1.82, 2.24) is 5.32 Å². The summed E-state index contributed by atoms with van der Waals surface area (Å²) in [6, 6.07) is 14.5. The molecule has 0 fully saturated rings. The molecule has 0 saturated heterocycles. The van der Waals surface area contributed by atoms with Crippen LogP contribution in [-0.2, 0) is 9.59 Å². The standard InChI is InChI=1S/C21H25N3O3S/c22-21(27)18-7-4-3-6-17(18)15-9-11-16(12-10-15)24-19(25)8-2-1-5-13-23-20(26)14-28/h3-4,6-7,9-12,28H,1-2,5,8,13-14H2,(H2,22,27)(H,23,26)(H,24,25). The number of carbonyl (C=O) groups excluding carboxylic acids is 3. The number of primary amides is 1. The molecule has 0 saturated carbocycles. The third-order valence-corrected chi connectivity index (χ3v) is 4.51. The Balaban J connectivity index is 1.80. The van der Waals surface area contributed by atoms with Crippen LogP contribution in [0.2, 0.25) is 0 Å². The minimum Gasteiger partial charge on any atom is -0.366 e. The molecule has 2 aromatic rings. The van der Waals surface area contributed by atoms with Gasteiger partial charge in [0, 0.05) is 24.2 Å². The van der Waals surface area contributed by atoms with E-state index in [4.69, 9.17) is 5.73 Å². The van der Waals surface area contributed by atoms with Gasteiger partial charge in [-0.15, -0.1) is 0 Å². The quantitative estimate of drug-likeness (QED) is 0.365. The molecule has 0 unspecified atom stereocenters. The van der Waals surface area contributed by atoms with Gasteiger partial charge in [0.05, 0.1) is 5.75 Å². The van der Waals surface area contributed by atoms with E-state index in [1.165, 1.54) is 0 Å². The summed E-state index contributed by atoms with van der Waals surface area (Å²) in [7, 11) is 0. The minimum absolute atomic E-state index is 0.0512. The van der Waals surface area contributed by atoms with Crippen molar-refractivity contribution < 1.29 is 14.4 Å². The van der Waals surface area contributed by atoms with Crippen molar-refractivity contribution in [2.75, 3.05) is 17.6 Å². The van der Waals surface area contributed by atoms with Crippen LogP contribution in [0.1, 0.15) is 36.0 Å². The maximum atomic E-state index is 12.0. The highest BCUT2D eigenvalue weighted by Crippen LogP contribution is 2.25. The fourth-order valence-corrected chi connectivity index (χ4v) is 2.89. The Kier molecular flexibility index (Phi) is 8.55. The van der Waals surface area contributed by atoms with Crippen LogP contribution in [0.4, 0.5) is 5.69 Å². The molecule has 0 heterocycles. The van der Waals surface area contributed by atoms with E-state index in [1.807, 2.05) is 24.3 Å². The maximum Gasteiger partial charge on any atom is 0.249 e. The highest BCUT2D eigenvalue weighted by Gasteiger charge is 2.09. The van der Waals surface area contributed by atoms with Crippen molar-refractivity contribution in [3.05, 3.63) is 54.1 Å². The first kappa shape index (κ1) is 21.5. The molecule has 3 amide bonds. The number of thiol groups is 1. The Morgan fingerprint density at radius 3 is 2.29 bits per heavy atom. The lowest BCUT2D eigenvalue weighted by Crippen LogP contribution is -2.25. The second kappa shape index (κ2) is 11.1. The smallest absolute Gasteiger partial charge is 0.249 e. The molecule has 7 heteroatoms. The number of hydrogen-bond acceptors (Lipinski definition) is 4. The molecule has 2 rings (SSSR count). The second-order valence-corrected chi connectivity index (χ2v) is 6.67. The lowest BCUT2D eigenvalue weighted by Gasteiger charge is -2.09. The van der Waals surface area contributed by atoms with Crippen LogP contribution in [0, 0.1) is 0 Å². The van der Waals surface area contributed by atoms with Gasteiger partial charge in [-0.1, -0.05) is 36.8 Å². The number of unbranched alkanes of at least 4 members (excludes halogenated alkanes) is 2. The van der Waals surface area contributed by atoms with Gasteiger partial charge in [0.2, 0.25) is 17.7 Å². The van der Waals surface area contributed by atoms with E-state index < -0.39 is 5.91 Å². The molecule has 148 valence electrons. The Morgan fingerprint density at radius 2 is 1.61 bits per heavy atom. The number of amides is 3. The van der Waals surface area contributed by atoms with Gasteiger partial charge >= 0.3 is 0 Å². The van der Waals surface area contributed by atoms with Gasteiger partial charge in [0.1, 0.15) is 0 Å². The molecule has 0 radical (unpaired) electrons. The number of carbonyl (C=O) groups is 3. The first-order valence-corrected chi connectivity index (χ1v) is 9.81. The Bertz CT molecular complexity index is 822. The van der Waals surface area contributed by atoms with Crippen LogP contribution in [0.3, 0.4) is 0 Å². The third kappa shape index (κ3) is 6.74. The molecule has 0 aromatic heterocycles. The molecule has 4 N–H and O–H groups in total. The summed E-state index contributed by atoms with van der Waals surface area (Å²) < 4.78 is 0. The molecule has 0 aliphatic carbocycles. The predicted molar refractivity (Wildman–Crippen MR) is 114 cm³/mol. The molecular weight excluding hydrogens is 374 g/mol. The van der Waals surface area contributed by atoms with Crippen LogP contribution >= 0.6 is 12.6 Å². The van der Waals surface area contributed by atoms with Crippen molar-refractivity contribution in [3.63, 3.8) is 0 Å². The number of rotatable bonds is 10. The topological polar surface area (TPSA) is 101 Å². The van der Waals surface area contributed by atoms with E-state index >= 15 is 0 Å². The van der Waals surface area contributed by atoms with Crippen LogP contribution < -0.4 is 16.4 Å². The van der Waals surface area contributed by atoms with Gasteiger partial charge in [-0.2, -0.15) is 12.6 Å². The first-order chi connectivity index (χ1) is 13.5. The fourth-order valence-electron chi connectivity index (χ4n) is 2.78. The number of anilines is 1. The summed E-state index contributed by atoms with van der Waals surface area (Å²) in [6.07, 6.45) is 2.88. The van der Waals surface area contributed by atoms with Crippen LogP contribution in [0.25, 0.3) is 11.1 Å². The SMILES string of the molecule is NC(=O)c1ccccc1-c1ccc(NC(=O)CCCCCNC(=O)CS)cc1. The van der Waals surface area contributed by atoms with E-state index in [0.29, 0.717) is 24.2 Å². The molecule has 0 atom stereocenters. The van der Waals surface area contributed by atoms with Gasteiger partial charge in [-0.05, 0) is 42.2 Å². The average molecular weight is 400 g/mol. The Hall–Kier alpha value is -2.80. The highest BCUT2D eigenvalue weighted by molar-refractivity contribution is 7.81. The molecular formula is C21H25N3O3S. The molecule has 0 bridgehead atoms. The largest absolute Gasteiger partial charge is 0.366 e. The highest BCUT2D eigenvalue weighted by atomic mass is 32.1. The molecule has 6 nitrogen and oxygen atoms in total. The summed E-state index contributed by atoms with van der Waals surface area (Å²) in [5.41, 5.74) is 8.21. The normalized spacial score (nSPS) is 10.3. The number of nitrogens with one attached hydrogen (secondary N) is 2. The average Bonchev–Trinajstić information content (AvgIpc) is 2.70. The van der Waals surface area contributed by atoms with Gasteiger partial charge in [0.15, 0.2) is 0 Å². The van der Waals surface area contributed by atoms with Gasteiger partial charge in [-0.3, -0.25) is 14.4 Å². The zero-order valence-corrected chi connectivity index (χ0v) is 16.5. The maximum absolute atomic E-state index is 12.0. The van der Waals surface area contributed by atoms with E-state index in [1.54, 1.807) is 24.3 Å². The van der Waals surface area contributed by atoms with Gasteiger partial charge in [0.25, 0.3) is 0 Å². The van der Waals surface area contributed by atoms with Gasteiger partial charge in [-0.25, -0.2) is 0 Å². The lowest BCUT2D eigenvalue weighted by atomic mass is 9.99. The molecule has 28 heavy (non-hydrogen) atoms. The zero-order valence-electron chi connectivity index (χ0n) is 15.6. The summed E-state index contributed by atoms with van der Waals surface area (Å²) >= 11 is 3.89. The summed E-state index contributed by atoms with van der Waals surface area (Å²) in [4.78, 5) is 34.7. The fraction of sp³-hybridized carbons (Fsp3) is 0.286. The second-order valence-electron chi connectivity index (χ2n) is 6.35. The van der Waals surface area contributed by atoms with Crippen LogP contribution in [0.5, 0.6) is 0 Å². The first-order valence-electron chi connectivity index (χ1n) is 9.18. The van der Waals surface area contributed by atoms with Gasteiger partial charge < -0.3 is 16.4 Å². The summed E-state index contributed by atoms with van der Waals surface area (Å²) in [5.74, 6) is -0.416. The monoisotopic (exact) mass is 399 g/mol. The predicted octanol–water partition coefficient (Wildman–Crippen LogP) is 3.00. The Labute approximate surface area is 170 Å². The van der Waals surface area contributed by atoms with Crippen LogP contribution in [-0.4, -0.2) is 30.0 Å². The summed E-state index contributed by atoms with van der Waals surface area (Å²) in [5, 5.41) is 5.61. The van der Waals surface area contributed by atoms with Crippen molar-refractivity contribution in [3.8, 4) is 11.1 Å². The van der Waals surface area contributed by atoms with Crippen molar-refractivity contribution in [2.45, 2.75) is 25.7 Å². The minimum atomic E-state index is -0.474. The number of hydrogen-bond donors (Lipinski definition) is 4. The lowest BCUT2D eigenvalue weighted by molar-refractivity contribution is -0.118. The molecule has 0 spiro atoms. The van der Waals surface area contributed by atoms with Crippen molar-refractivity contribution in [1.29, 1.82) is 0 Å². The Morgan fingerprint density at radius 1 is 0.893 bits per heavy atom. The number of nitrogens with two attached hydrogens (primary N) is 1. The summed E-state index contributed by atoms with van der Waals surface area (Å²) in [6.45, 7) is 0.606. The number of benzene rings is 2. The van der Waals surface area contributed by atoms with E-state index in [-0.39, 0.29) is 17.6 Å². The molecule has 2 aromatic carbocycles. The van der Waals surface area contributed by atoms with E-state index in [9.17, 15) is 14.4 Å². The van der Waals surface area contributed by atoms with E-state index in [2.05, 4.69) is 23.3 Å². The molecule has 0 aliphatic heterocycles.